The Morgan fingerprint density at radius 1 is 0.833 bits per heavy atom. The van der Waals surface area contributed by atoms with Crippen LogP contribution in [-0.2, 0) is 0 Å². The summed E-state index contributed by atoms with van der Waals surface area (Å²) in [6, 6.07) is 2.23. The predicted molar refractivity (Wildman–Crippen MR) is 74.9 cm³/mol. The zero-order valence-electron chi connectivity index (χ0n) is 11.7. The fourth-order valence-electron chi connectivity index (χ4n) is 1.96. The largest absolute Gasteiger partial charge is 0.423 e. The van der Waals surface area contributed by atoms with Gasteiger partial charge in [0, 0.05) is 4.68 Å². The number of benzene rings is 1. The number of non-ortho nitro benzene ring substituents is 2. The minimum atomic E-state index is -0.972. The highest BCUT2D eigenvalue weighted by Crippen LogP contribution is 2.32. The molecular formula is C10H6N6O8. The van der Waals surface area contributed by atoms with Crippen molar-refractivity contribution < 1.29 is 19.7 Å². The van der Waals surface area contributed by atoms with Gasteiger partial charge in [-0.15, -0.1) is 0 Å². The maximum absolute atomic E-state index is 11.1. The molecule has 0 N–H and O–H groups in total. The molecule has 0 unspecified atom stereocenters. The van der Waals surface area contributed by atoms with Crippen LogP contribution in [0.3, 0.4) is 0 Å². The Kier molecular flexibility index (Phi) is 3.88. The van der Waals surface area contributed by atoms with E-state index in [9.17, 15) is 40.5 Å². The Balaban J connectivity index is 2.83. The number of nitrogens with zero attached hydrogens (tertiary/aromatic N) is 6. The first kappa shape index (κ1) is 16.4. The third-order valence-electron chi connectivity index (χ3n) is 2.97. The van der Waals surface area contributed by atoms with Gasteiger partial charge < -0.3 is 20.2 Å². The van der Waals surface area contributed by atoms with E-state index in [1.165, 1.54) is 0 Å². The van der Waals surface area contributed by atoms with E-state index in [0.29, 0.717) is 10.7 Å². The van der Waals surface area contributed by atoms with E-state index in [-0.39, 0.29) is 5.56 Å². The number of rotatable bonds is 5. The van der Waals surface area contributed by atoms with Gasteiger partial charge >= 0.3 is 11.6 Å². The molecule has 0 bridgehead atoms. The monoisotopic (exact) mass is 338 g/mol. The summed E-state index contributed by atoms with van der Waals surface area (Å²) in [7, 11) is 0. The van der Waals surface area contributed by atoms with E-state index >= 15 is 0 Å². The van der Waals surface area contributed by atoms with E-state index in [1.807, 2.05) is 0 Å². The third-order valence-corrected chi connectivity index (χ3v) is 2.97. The van der Waals surface area contributed by atoms with Gasteiger partial charge in [-0.25, -0.2) is 0 Å². The molecule has 0 saturated carbocycles. The predicted octanol–water partition coefficient (Wildman–Crippen LogP) is 1.81. The van der Waals surface area contributed by atoms with Gasteiger partial charge in [0.15, 0.2) is 10.8 Å². The van der Waals surface area contributed by atoms with Crippen molar-refractivity contribution in [2.45, 2.75) is 6.92 Å². The first-order valence-corrected chi connectivity index (χ1v) is 5.96. The Bertz CT molecular complexity index is 871. The molecule has 0 spiro atoms. The van der Waals surface area contributed by atoms with Crippen LogP contribution in [0, 0.1) is 47.4 Å². The highest BCUT2D eigenvalue weighted by atomic mass is 16.6. The van der Waals surface area contributed by atoms with Crippen molar-refractivity contribution in [1.29, 1.82) is 0 Å². The second-order valence-electron chi connectivity index (χ2n) is 4.42. The Morgan fingerprint density at radius 2 is 1.33 bits per heavy atom. The maximum Gasteiger partial charge on any atom is 0.423 e. The van der Waals surface area contributed by atoms with Crippen LogP contribution >= 0.6 is 0 Å². The van der Waals surface area contributed by atoms with Gasteiger partial charge in [0.1, 0.15) is 5.56 Å². The molecule has 1 aromatic heterocycles. The van der Waals surface area contributed by atoms with Gasteiger partial charge in [0.2, 0.25) is 0 Å². The minimum Gasteiger partial charge on any atom is -0.358 e. The van der Waals surface area contributed by atoms with Crippen molar-refractivity contribution in [3.05, 3.63) is 64.2 Å². The smallest absolute Gasteiger partial charge is 0.358 e. The molecular weight excluding hydrogens is 332 g/mol. The Hall–Kier alpha value is -3.97. The Labute approximate surface area is 130 Å². The molecule has 24 heavy (non-hydrogen) atoms. The van der Waals surface area contributed by atoms with E-state index in [1.54, 1.807) is 0 Å². The van der Waals surface area contributed by atoms with Crippen LogP contribution in [0.5, 0.6) is 0 Å². The lowest BCUT2D eigenvalue weighted by Gasteiger charge is -1.98. The molecule has 2 aromatic rings. The molecule has 14 heteroatoms. The van der Waals surface area contributed by atoms with Gasteiger partial charge in [0.05, 0.1) is 28.0 Å². The van der Waals surface area contributed by atoms with Crippen molar-refractivity contribution in [3.8, 4) is 5.69 Å². The lowest BCUT2D eigenvalue weighted by molar-refractivity contribution is -0.395. The van der Waals surface area contributed by atoms with Crippen LogP contribution in [0.2, 0.25) is 0 Å². The second kappa shape index (κ2) is 5.67. The zero-order chi connectivity index (χ0) is 18.2. The highest BCUT2D eigenvalue weighted by molar-refractivity contribution is 5.57. The van der Waals surface area contributed by atoms with Crippen LogP contribution in [0.15, 0.2) is 18.2 Å². The lowest BCUT2D eigenvalue weighted by atomic mass is 10.2. The van der Waals surface area contributed by atoms with Gasteiger partial charge in [-0.3, -0.25) is 20.2 Å². The molecule has 0 aliphatic heterocycles. The zero-order valence-corrected chi connectivity index (χ0v) is 11.7. The van der Waals surface area contributed by atoms with Crippen LogP contribution in [0.4, 0.5) is 23.0 Å². The third kappa shape index (κ3) is 2.70. The number of hydrogen-bond donors (Lipinski definition) is 0. The fourth-order valence-corrected chi connectivity index (χ4v) is 1.96. The van der Waals surface area contributed by atoms with Gasteiger partial charge in [-0.2, -0.15) is 0 Å². The molecule has 1 aromatic carbocycles. The van der Waals surface area contributed by atoms with Gasteiger partial charge in [-0.1, -0.05) is 0 Å². The summed E-state index contributed by atoms with van der Waals surface area (Å²) in [6.45, 7) is 1.07. The topological polar surface area (TPSA) is 190 Å². The van der Waals surface area contributed by atoms with Crippen LogP contribution < -0.4 is 0 Å². The average molecular weight is 338 g/mol. The van der Waals surface area contributed by atoms with E-state index in [0.717, 1.165) is 19.1 Å². The summed E-state index contributed by atoms with van der Waals surface area (Å²) in [4.78, 5) is 40.0. The molecule has 0 amide bonds. The summed E-state index contributed by atoms with van der Waals surface area (Å²) in [5.74, 6) is -1.66. The molecule has 124 valence electrons. The summed E-state index contributed by atoms with van der Waals surface area (Å²) >= 11 is 0. The van der Waals surface area contributed by atoms with Crippen molar-refractivity contribution in [1.82, 2.24) is 9.78 Å². The SMILES string of the molecule is Cc1c([N+](=O)[O-])nn(-c2cc([N+](=O)[O-])cc([N+](=O)[O-])c2)c1[N+](=O)[O-]. The minimum absolute atomic E-state index is 0.390. The molecule has 0 fully saturated rings. The lowest BCUT2D eigenvalue weighted by Crippen LogP contribution is -2.04. The van der Waals surface area contributed by atoms with Crippen LogP contribution in [0.1, 0.15) is 5.56 Å². The molecule has 2 rings (SSSR count). The number of aromatic nitrogens is 2. The number of nitro benzene ring substituents is 2. The number of nitro groups is 4. The summed E-state index contributed by atoms with van der Waals surface area (Å²) in [6.07, 6.45) is 0. The standard InChI is InChI=1S/C10H6N6O8/c1-5-9(15(21)22)11-12(10(5)16(23)24)6-2-7(13(17)18)4-8(3-6)14(19)20/h2-4H,1H3. The van der Waals surface area contributed by atoms with Gasteiger partial charge in [-0.05, 0) is 16.8 Å². The molecule has 0 atom stereocenters. The molecule has 14 nitrogen and oxygen atoms in total. The molecule has 0 aliphatic carbocycles. The first-order valence-electron chi connectivity index (χ1n) is 5.96. The summed E-state index contributed by atoms with van der Waals surface area (Å²) in [5.41, 5.74) is -2.24. The van der Waals surface area contributed by atoms with Crippen LogP contribution in [0.25, 0.3) is 5.69 Å². The van der Waals surface area contributed by atoms with Gasteiger partial charge in [0.25, 0.3) is 11.4 Å². The maximum atomic E-state index is 11.1. The van der Waals surface area contributed by atoms with Crippen molar-refractivity contribution in [2.24, 2.45) is 0 Å². The fraction of sp³-hybridized carbons (Fsp3) is 0.100. The van der Waals surface area contributed by atoms with Crippen molar-refractivity contribution in [2.75, 3.05) is 0 Å². The van der Waals surface area contributed by atoms with E-state index in [2.05, 4.69) is 5.10 Å². The average Bonchev–Trinajstić information content (AvgIpc) is 2.84. The normalized spacial score (nSPS) is 10.4. The quantitative estimate of drug-likeness (QED) is 0.577. The van der Waals surface area contributed by atoms with E-state index in [4.69, 9.17) is 0 Å². The summed E-state index contributed by atoms with van der Waals surface area (Å²) < 4.78 is 0.452. The second-order valence-corrected chi connectivity index (χ2v) is 4.42. The van der Waals surface area contributed by atoms with Crippen LogP contribution in [-0.4, -0.2) is 29.5 Å². The van der Waals surface area contributed by atoms with E-state index < -0.39 is 48.4 Å². The first-order chi connectivity index (χ1) is 11.1. The summed E-state index contributed by atoms with van der Waals surface area (Å²) in [5, 5.41) is 47.2. The highest BCUT2D eigenvalue weighted by Gasteiger charge is 2.36. The van der Waals surface area contributed by atoms with Crippen molar-refractivity contribution >= 4 is 23.0 Å². The Morgan fingerprint density at radius 3 is 1.71 bits per heavy atom. The molecule has 0 radical (unpaired) electrons. The molecule has 0 aliphatic rings. The van der Waals surface area contributed by atoms with Crippen molar-refractivity contribution in [3.63, 3.8) is 0 Å². The number of hydrogen-bond acceptors (Lipinski definition) is 9. The molecule has 1 heterocycles. The molecule has 0 saturated heterocycles.